The van der Waals surface area contributed by atoms with E-state index in [4.69, 9.17) is 0 Å². The summed E-state index contributed by atoms with van der Waals surface area (Å²) >= 11 is 3.32. The van der Waals surface area contributed by atoms with Gasteiger partial charge in [0, 0.05) is 38.4 Å². The molecule has 1 aliphatic heterocycles. The van der Waals surface area contributed by atoms with Gasteiger partial charge in [-0.25, -0.2) is 17.8 Å². The van der Waals surface area contributed by atoms with Crippen molar-refractivity contribution in [1.29, 1.82) is 0 Å². The molecule has 1 fully saturated rings. The molecule has 0 N–H and O–H groups in total. The molecule has 2 heterocycles. The molecule has 164 valence electrons. The van der Waals surface area contributed by atoms with Crippen molar-refractivity contribution in [3.05, 3.63) is 54.3 Å². The number of piperazine rings is 1. The third-order valence-corrected chi connectivity index (χ3v) is 9.26. The number of halogens is 1. The zero-order chi connectivity index (χ0) is 21.8. The third-order valence-electron chi connectivity index (χ3n) is 5.08. The number of thioether (sulfide) groups is 1. The number of aromatic nitrogens is 1. The maximum atomic E-state index is 13.1. The first-order chi connectivity index (χ1) is 14.9. The van der Waals surface area contributed by atoms with Gasteiger partial charge in [-0.3, -0.25) is 4.79 Å². The van der Waals surface area contributed by atoms with Gasteiger partial charge in [-0.05, 0) is 42.8 Å². The highest BCUT2D eigenvalue weighted by Gasteiger charge is 2.29. The molecule has 1 amide bonds. The minimum Gasteiger partial charge on any atom is -0.340 e. The lowest BCUT2D eigenvalue weighted by Crippen LogP contribution is -2.50. The quantitative estimate of drug-likeness (QED) is 0.380. The van der Waals surface area contributed by atoms with Crippen LogP contribution in [0.2, 0.25) is 0 Å². The molecular weight excluding hydrogens is 457 g/mol. The van der Waals surface area contributed by atoms with Crippen LogP contribution in [0.1, 0.15) is 12.8 Å². The monoisotopic (exact) mass is 479 g/mol. The van der Waals surface area contributed by atoms with Crippen molar-refractivity contribution in [3.8, 4) is 0 Å². The number of hydrogen-bond donors (Lipinski definition) is 0. The average Bonchev–Trinajstić information content (AvgIpc) is 3.20. The van der Waals surface area contributed by atoms with Gasteiger partial charge >= 0.3 is 0 Å². The number of hydrogen-bond acceptors (Lipinski definition) is 6. The molecular formula is C21H22FN3O3S3. The van der Waals surface area contributed by atoms with E-state index in [2.05, 4.69) is 11.1 Å². The molecule has 0 unspecified atom stereocenters. The van der Waals surface area contributed by atoms with Crippen molar-refractivity contribution in [2.45, 2.75) is 22.1 Å². The standard InChI is InChI=1S/C21H22FN3O3S3/c22-16-7-9-17(10-8-16)31(27,28)25-13-11-24(12-14-25)20(26)6-3-15-29-21-23-18-4-1-2-5-19(18)30-21/h1-2,4-5,7-10H,3,6,11-15H2. The Kier molecular flexibility index (Phi) is 6.90. The van der Waals surface area contributed by atoms with Crippen LogP contribution in [0.15, 0.2) is 57.8 Å². The van der Waals surface area contributed by atoms with Crippen LogP contribution in [0.3, 0.4) is 0 Å². The van der Waals surface area contributed by atoms with Crippen LogP contribution >= 0.6 is 23.1 Å². The minimum atomic E-state index is -3.67. The van der Waals surface area contributed by atoms with E-state index < -0.39 is 15.8 Å². The molecule has 31 heavy (non-hydrogen) atoms. The zero-order valence-electron chi connectivity index (χ0n) is 16.7. The zero-order valence-corrected chi connectivity index (χ0v) is 19.2. The number of sulfonamides is 1. The highest BCUT2D eigenvalue weighted by atomic mass is 32.2. The fourth-order valence-corrected chi connectivity index (χ4v) is 6.89. The van der Waals surface area contributed by atoms with E-state index in [1.165, 1.54) is 16.4 Å². The maximum Gasteiger partial charge on any atom is 0.243 e. The van der Waals surface area contributed by atoms with Crippen molar-refractivity contribution < 1.29 is 17.6 Å². The van der Waals surface area contributed by atoms with Crippen LogP contribution < -0.4 is 0 Å². The van der Waals surface area contributed by atoms with Crippen LogP contribution in [-0.2, 0) is 14.8 Å². The van der Waals surface area contributed by atoms with Crippen LogP contribution in [0, 0.1) is 5.82 Å². The summed E-state index contributed by atoms with van der Waals surface area (Å²) in [5, 5.41) is 0. The molecule has 2 aromatic carbocycles. The number of thiazole rings is 1. The van der Waals surface area contributed by atoms with E-state index in [0.29, 0.717) is 19.5 Å². The van der Waals surface area contributed by atoms with E-state index in [1.807, 2.05) is 18.2 Å². The topological polar surface area (TPSA) is 70.6 Å². The van der Waals surface area contributed by atoms with E-state index in [-0.39, 0.29) is 23.9 Å². The van der Waals surface area contributed by atoms with E-state index in [1.54, 1.807) is 28.0 Å². The number of carbonyl (C=O) groups is 1. The van der Waals surface area contributed by atoms with Crippen LogP contribution in [0.5, 0.6) is 0 Å². The summed E-state index contributed by atoms with van der Waals surface area (Å²) in [7, 11) is -3.67. The second kappa shape index (κ2) is 9.64. The number of nitrogens with zero attached hydrogens (tertiary/aromatic N) is 3. The summed E-state index contributed by atoms with van der Waals surface area (Å²) < 4.78 is 42.0. The van der Waals surface area contributed by atoms with Crippen molar-refractivity contribution in [3.63, 3.8) is 0 Å². The van der Waals surface area contributed by atoms with Crippen LogP contribution in [0.25, 0.3) is 10.2 Å². The summed E-state index contributed by atoms with van der Waals surface area (Å²) in [4.78, 5) is 18.9. The Morgan fingerprint density at radius 1 is 1.06 bits per heavy atom. The van der Waals surface area contributed by atoms with Gasteiger partial charge in [0.05, 0.1) is 15.1 Å². The van der Waals surface area contributed by atoms with Crippen molar-refractivity contribution in [1.82, 2.24) is 14.2 Å². The molecule has 1 aliphatic rings. The third kappa shape index (κ3) is 5.25. The van der Waals surface area contributed by atoms with Gasteiger partial charge in [-0.15, -0.1) is 11.3 Å². The fraction of sp³-hybridized carbons (Fsp3) is 0.333. The first-order valence-corrected chi connectivity index (χ1v) is 13.2. The Morgan fingerprint density at radius 3 is 2.48 bits per heavy atom. The second-order valence-electron chi connectivity index (χ2n) is 7.14. The molecule has 0 radical (unpaired) electrons. The number of carbonyl (C=O) groups excluding carboxylic acids is 1. The molecule has 10 heteroatoms. The van der Waals surface area contributed by atoms with Gasteiger partial charge in [-0.1, -0.05) is 23.9 Å². The molecule has 0 saturated carbocycles. The summed E-state index contributed by atoms with van der Waals surface area (Å²) in [6, 6.07) is 12.8. The van der Waals surface area contributed by atoms with Crippen molar-refractivity contribution in [2.75, 3.05) is 31.9 Å². The van der Waals surface area contributed by atoms with Gasteiger partial charge in [0.1, 0.15) is 5.82 Å². The molecule has 3 aromatic rings. The second-order valence-corrected chi connectivity index (χ2v) is 11.4. The summed E-state index contributed by atoms with van der Waals surface area (Å²) in [6.07, 6.45) is 1.18. The van der Waals surface area contributed by atoms with E-state index >= 15 is 0 Å². The Morgan fingerprint density at radius 2 is 1.77 bits per heavy atom. The van der Waals surface area contributed by atoms with Crippen LogP contribution in [-0.4, -0.2) is 60.4 Å². The first-order valence-electron chi connectivity index (χ1n) is 9.95. The molecule has 4 rings (SSSR count). The smallest absolute Gasteiger partial charge is 0.243 e. The van der Waals surface area contributed by atoms with Crippen molar-refractivity contribution >= 4 is 49.2 Å². The molecule has 1 aromatic heterocycles. The Hall–Kier alpha value is -2.01. The number of fused-ring (bicyclic) bond motifs is 1. The molecule has 0 bridgehead atoms. The largest absolute Gasteiger partial charge is 0.340 e. The average molecular weight is 480 g/mol. The number of amides is 1. The molecule has 0 atom stereocenters. The highest BCUT2D eigenvalue weighted by Crippen LogP contribution is 2.29. The SMILES string of the molecule is O=C(CCCSc1nc2ccccc2s1)N1CCN(S(=O)(=O)c2ccc(F)cc2)CC1. The van der Waals surface area contributed by atoms with E-state index in [0.717, 1.165) is 38.9 Å². The summed E-state index contributed by atoms with van der Waals surface area (Å²) in [5.41, 5.74) is 1.000. The number of rotatable bonds is 7. The predicted octanol–water partition coefficient (Wildman–Crippen LogP) is 3.84. The van der Waals surface area contributed by atoms with Crippen LogP contribution in [0.4, 0.5) is 4.39 Å². The lowest BCUT2D eigenvalue weighted by molar-refractivity contribution is -0.132. The molecule has 1 saturated heterocycles. The normalized spacial score (nSPS) is 15.5. The van der Waals surface area contributed by atoms with Gasteiger partial charge in [0.2, 0.25) is 15.9 Å². The van der Waals surface area contributed by atoms with Crippen molar-refractivity contribution in [2.24, 2.45) is 0 Å². The maximum absolute atomic E-state index is 13.1. The van der Waals surface area contributed by atoms with Gasteiger partial charge in [0.25, 0.3) is 0 Å². The fourth-order valence-electron chi connectivity index (χ4n) is 3.39. The molecule has 0 aliphatic carbocycles. The first kappa shape index (κ1) is 22.2. The minimum absolute atomic E-state index is 0.0451. The summed E-state index contributed by atoms with van der Waals surface area (Å²) in [5.74, 6) is 0.379. The Bertz CT molecular complexity index is 1120. The molecule has 6 nitrogen and oxygen atoms in total. The predicted molar refractivity (Wildman–Crippen MR) is 121 cm³/mol. The summed E-state index contributed by atoms with van der Waals surface area (Å²) in [6.45, 7) is 1.21. The van der Waals surface area contributed by atoms with Gasteiger partial charge in [0.15, 0.2) is 4.34 Å². The lowest BCUT2D eigenvalue weighted by atomic mass is 10.2. The number of benzene rings is 2. The number of para-hydroxylation sites is 1. The highest BCUT2D eigenvalue weighted by molar-refractivity contribution is 8.01. The van der Waals surface area contributed by atoms with E-state index in [9.17, 15) is 17.6 Å². The Balaban J connectivity index is 1.22. The molecule has 0 spiro atoms. The van der Waals surface area contributed by atoms with Gasteiger partial charge < -0.3 is 4.90 Å². The van der Waals surface area contributed by atoms with Gasteiger partial charge in [-0.2, -0.15) is 4.31 Å². The lowest BCUT2D eigenvalue weighted by Gasteiger charge is -2.34. The Labute approximate surface area is 189 Å².